The third kappa shape index (κ3) is 1.16. The molecule has 2 rings (SSSR count). The van der Waals surface area contributed by atoms with Crippen LogP contribution >= 0.6 is 23.2 Å². The van der Waals surface area contributed by atoms with Crippen molar-refractivity contribution < 1.29 is 4.74 Å². The Labute approximate surface area is 80.2 Å². The van der Waals surface area contributed by atoms with Gasteiger partial charge in [0.15, 0.2) is 0 Å². The molecule has 0 amide bonds. The van der Waals surface area contributed by atoms with Gasteiger partial charge in [0.05, 0.1) is 16.1 Å². The minimum absolute atomic E-state index is 0.0743. The Balaban J connectivity index is 2.56. The Bertz CT molecular complexity index is 327. The molecule has 0 saturated heterocycles. The second-order valence-corrected chi connectivity index (χ2v) is 3.54. The molecule has 0 saturated carbocycles. The second-order valence-electron chi connectivity index (χ2n) is 2.72. The average molecular weight is 204 g/mol. The Hall–Kier alpha value is -0.440. The Morgan fingerprint density at radius 3 is 2.75 bits per heavy atom. The molecular formula is C8H7Cl2NO. The molecule has 1 aliphatic rings. The van der Waals surface area contributed by atoms with E-state index in [0.29, 0.717) is 16.7 Å². The SMILES string of the molecule is N[C@@H]1COc2cc(Cl)c(Cl)cc21. The second kappa shape index (κ2) is 2.80. The Morgan fingerprint density at radius 2 is 2.00 bits per heavy atom. The monoisotopic (exact) mass is 203 g/mol. The van der Waals surface area contributed by atoms with Crippen molar-refractivity contribution in [2.75, 3.05) is 6.61 Å². The number of ether oxygens (including phenoxy) is 1. The van der Waals surface area contributed by atoms with Crippen molar-refractivity contribution in [3.63, 3.8) is 0 Å². The van der Waals surface area contributed by atoms with Crippen molar-refractivity contribution in [2.24, 2.45) is 5.73 Å². The lowest BCUT2D eigenvalue weighted by atomic mass is 10.1. The van der Waals surface area contributed by atoms with Gasteiger partial charge in [0, 0.05) is 11.6 Å². The van der Waals surface area contributed by atoms with E-state index in [-0.39, 0.29) is 6.04 Å². The number of hydrogen-bond acceptors (Lipinski definition) is 2. The fourth-order valence-electron chi connectivity index (χ4n) is 1.23. The highest BCUT2D eigenvalue weighted by Gasteiger charge is 2.21. The van der Waals surface area contributed by atoms with Crippen LogP contribution in [0.4, 0.5) is 0 Å². The standard InChI is InChI=1S/C8H7Cl2NO/c9-5-1-4-7(11)3-12-8(4)2-6(5)10/h1-2,7H,3,11H2/t7-/m1/s1. The van der Waals surface area contributed by atoms with E-state index in [1.807, 2.05) is 0 Å². The molecule has 12 heavy (non-hydrogen) atoms. The summed E-state index contributed by atoms with van der Waals surface area (Å²) in [6, 6.07) is 3.39. The zero-order valence-electron chi connectivity index (χ0n) is 6.18. The molecule has 1 aromatic rings. The molecule has 0 aliphatic carbocycles. The highest BCUT2D eigenvalue weighted by molar-refractivity contribution is 6.42. The van der Waals surface area contributed by atoms with Gasteiger partial charge in [0.25, 0.3) is 0 Å². The van der Waals surface area contributed by atoms with Gasteiger partial charge < -0.3 is 10.5 Å². The first-order chi connectivity index (χ1) is 5.68. The van der Waals surface area contributed by atoms with E-state index in [1.165, 1.54) is 0 Å². The van der Waals surface area contributed by atoms with Gasteiger partial charge in [0.1, 0.15) is 12.4 Å². The van der Waals surface area contributed by atoms with Crippen molar-refractivity contribution in [3.05, 3.63) is 27.7 Å². The van der Waals surface area contributed by atoms with Gasteiger partial charge in [0.2, 0.25) is 0 Å². The zero-order valence-corrected chi connectivity index (χ0v) is 7.69. The minimum atomic E-state index is -0.0743. The zero-order chi connectivity index (χ0) is 8.72. The molecule has 0 spiro atoms. The quantitative estimate of drug-likeness (QED) is 0.704. The first-order valence-electron chi connectivity index (χ1n) is 3.56. The first-order valence-corrected chi connectivity index (χ1v) is 4.31. The molecule has 0 aromatic heterocycles. The summed E-state index contributed by atoms with van der Waals surface area (Å²) in [5, 5.41) is 1.03. The van der Waals surface area contributed by atoms with Gasteiger partial charge in [-0.25, -0.2) is 0 Å². The molecule has 1 atom stereocenters. The fraction of sp³-hybridized carbons (Fsp3) is 0.250. The van der Waals surface area contributed by atoms with Crippen molar-refractivity contribution in [1.82, 2.24) is 0 Å². The third-order valence-corrected chi connectivity index (χ3v) is 2.59. The van der Waals surface area contributed by atoms with E-state index >= 15 is 0 Å². The summed E-state index contributed by atoms with van der Waals surface area (Å²) in [6.45, 7) is 0.506. The summed E-state index contributed by atoms with van der Waals surface area (Å²) in [7, 11) is 0. The van der Waals surface area contributed by atoms with Gasteiger partial charge in [-0.2, -0.15) is 0 Å². The van der Waals surface area contributed by atoms with E-state index in [1.54, 1.807) is 12.1 Å². The van der Waals surface area contributed by atoms with Gasteiger partial charge in [-0.05, 0) is 6.07 Å². The number of nitrogens with two attached hydrogens (primary N) is 1. The smallest absolute Gasteiger partial charge is 0.125 e. The molecular weight excluding hydrogens is 197 g/mol. The highest BCUT2D eigenvalue weighted by Crippen LogP contribution is 2.37. The Kier molecular flexibility index (Phi) is 1.91. The molecule has 64 valence electrons. The molecule has 2 N–H and O–H groups in total. The summed E-state index contributed by atoms with van der Waals surface area (Å²) in [5.41, 5.74) is 6.67. The van der Waals surface area contributed by atoms with Crippen LogP contribution in [0.3, 0.4) is 0 Å². The molecule has 2 nitrogen and oxygen atoms in total. The molecule has 4 heteroatoms. The summed E-state index contributed by atoms with van der Waals surface area (Å²) >= 11 is 11.6. The molecule has 0 fully saturated rings. The van der Waals surface area contributed by atoms with Crippen LogP contribution in [0, 0.1) is 0 Å². The van der Waals surface area contributed by atoms with E-state index in [4.69, 9.17) is 33.7 Å². The summed E-state index contributed by atoms with van der Waals surface area (Å²) in [4.78, 5) is 0. The molecule has 0 unspecified atom stereocenters. The number of fused-ring (bicyclic) bond motifs is 1. The number of halogens is 2. The lowest BCUT2D eigenvalue weighted by Gasteiger charge is -2.02. The maximum Gasteiger partial charge on any atom is 0.125 e. The van der Waals surface area contributed by atoms with Crippen LogP contribution < -0.4 is 10.5 Å². The summed E-state index contributed by atoms with van der Waals surface area (Å²) < 4.78 is 5.28. The van der Waals surface area contributed by atoms with Gasteiger partial charge >= 0.3 is 0 Å². The molecule has 1 aliphatic heterocycles. The predicted octanol–water partition coefficient (Wildman–Crippen LogP) is 2.39. The highest BCUT2D eigenvalue weighted by atomic mass is 35.5. The number of rotatable bonds is 0. The predicted molar refractivity (Wildman–Crippen MR) is 48.9 cm³/mol. The molecule has 0 radical (unpaired) electrons. The van der Waals surface area contributed by atoms with Gasteiger partial charge in [-0.1, -0.05) is 23.2 Å². The lowest BCUT2D eigenvalue weighted by molar-refractivity contribution is 0.333. The molecule has 0 bridgehead atoms. The average Bonchev–Trinajstić information content (AvgIpc) is 2.35. The van der Waals surface area contributed by atoms with E-state index in [2.05, 4.69) is 0 Å². The van der Waals surface area contributed by atoms with Crippen LogP contribution in [0.5, 0.6) is 5.75 Å². The van der Waals surface area contributed by atoms with Crippen LogP contribution in [0.25, 0.3) is 0 Å². The van der Waals surface area contributed by atoms with Crippen LogP contribution in [-0.2, 0) is 0 Å². The van der Waals surface area contributed by atoms with E-state index < -0.39 is 0 Å². The lowest BCUT2D eigenvalue weighted by Crippen LogP contribution is -2.10. The van der Waals surface area contributed by atoms with Gasteiger partial charge in [-0.15, -0.1) is 0 Å². The largest absolute Gasteiger partial charge is 0.491 e. The van der Waals surface area contributed by atoms with Crippen LogP contribution in [0.1, 0.15) is 11.6 Å². The summed E-state index contributed by atoms with van der Waals surface area (Å²) in [5.74, 6) is 0.747. The minimum Gasteiger partial charge on any atom is -0.491 e. The van der Waals surface area contributed by atoms with Crippen molar-refractivity contribution in [1.29, 1.82) is 0 Å². The third-order valence-electron chi connectivity index (χ3n) is 1.87. The van der Waals surface area contributed by atoms with Crippen LogP contribution in [-0.4, -0.2) is 6.61 Å². The maximum atomic E-state index is 5.81. The number of benzene rings is 1. The van der Waals surface area contributed by atoms with Crippen molar-refractivity contribution >= 4 is 23.2 Å². The van der Waals surface area contributed by atoms with Crippen molar-refractivity contribution in [2.45, 2.75) is 6.04 Å². The van der Waals surface area contributed by atoms with Crippen LogP contribution in [0.15, 0.2) is 12.1 Å². The normalized spacial score (nSPS) is 20.4. The van der Waals surface area contributed by atoms with Crippen molar-refractivity contribution in [3.8, 4) is 5.75 Å². The van der Waals surface area contributed by atoms with E-state index in [0.717, 1.165) is 11.3 Å². The maximum absolute atomic E-state index is 5.81. The van der Waals surface area contributed by atoms with Crippen LogP contribution in [0.2, 0.25) is 10.0 Å². The topological polar surface area (TPSA) is 35.2 Å². The first kappa shape index (κ1) is 8.17. The summed E-state index contributed by atoms with van der Waals surface area (Å²) in [6.07, 6.45) is 0. The van der Waals surface area contributed by atoms with Gasteiger partial charge in [-0.3, -0.25) is 0 Å². The fourth-order valence-corrected chi connectivity index (χ4v) is 1.55. The molecule has 1 heterocycles. The molecule has 1 aromatic carbocycles. The van der Waals surface area contributed by atoms with E-state index in [9.17, 15) is 0 Å². The Morgan fingerprint density at radius 1 is 1.33 bits per heavy atom. The number of hydrogen-bond donors (Lipinski definition) is 1.